The van der Waals surface area contributed by atoms with Crippen molar-refractivity contribution in [1.29, 1.82) is 0 Å². The molecule has 0 unspecified atom stereocenters. The highest BCUT2D eigenvalue weighted by Gasteiger charge is 2.37. The molecule has 1 aliphatic heterocycles. The lowest BCUT2D eigenvalue weighted by Crippen LogP contribution is -2.48. The number of amides is 3. The summed E-state index contributed by atoms with van der Waals surface area (Å²) in [7, 11) is -4.42. The Balaban J connectivity index is 1.90. The number of benzene rings is 2. The molecule has 1 N–H and O–H groups in total. The lowest BCUT2D eigenvalue weighted by atomic mass is 10.1. The first-order valence-corrected chi connectivity index (χ1v) is 11.3. The van der Waals surface area contributed by atoms with Gasteiger partial charge in [-0.15, -0.1) is 0 Å². The van der Waals surface area contributed by atoms with E-state index in [-0.39, 0.29) is 4.90 Å². The van der Waals surface area contributed by atoms with E-state index < -0.39 is 45.9 Å². The molecule has 1 heterocycles. The minimum absolute atomic E-state index is 0.195. The van der Waals surface area contributed by atoms with Crippen LogP contribution in [-0.2, 0) is 21.0 Å². The summed E-state index contributed by atoms with van der Waals surface area (Å²) in [6.07, 6.45) is -3.34. The average Bonchev–Trinajstić information content (AvgIpc) is 3.26. The molecule has 3 rings (SSSR count). The van der Waals surface area contributed by atoms with Crippen molar-refractivity contribution in [2.24, 2.45) is 0 Å². The Labute approximate surface area is 183 Å². The SMILES string of the molecule is Cc1ccc(S(=O)(=O)N(CC(=O)Nc2ccccc2C(F)(F)F)C(=O)N2CCCC2)cc1. The summed E-state index contributed by atoms with van der Waals surface area (Å²) in [5.41, 5.74) is -0.804. The van der Waals surface area contributed by atoms with Gasteiger partial charge < -0.3 is 10.2 Å². The van der Waals surface area contributed by atoms with Crippen LogP contribution in [0.1, 0.15) is 24.0 Å². The molecule has 0 saturated carbocycles. The molecule has 0 radical (unpaired) electrons. The molecular weight excluding hydrogens is 447 g/mol. The number of para-hydroxylation sites is 1. The number of hydrogen-bond donors (Lipinski definition) is 1. The smallest absolute Gasteiger partial charge is 0.324 e. The van der Waals surface area contributed by atoms with Crippen LogP contribution in [0.25, 0.3) is 0 Å². The highest BCUT2D eigenvalue weighted by Crippen LogP contribution is 2.34. The number of urea groups is 1. The van der Waals surface area contributed by atoms with Crippen LogP contribution < -0.4 is 5.32 Å². The third kappa shape index (κ3) is 5.21. The molecule has 0 aromatic heterocycles. The summed E-state index contributed by atoms with van der Waals surface area (Å²) in [4.78, 5) is 26.7. The van der Waals surface area contributed by atoms with Crippen molar-refractivity contribution in [3.8, 4) is 0 Å². The normalized spacial score (nSPS) is 14.3. The molecule has 1 aliphatic rings. The molecule has 172 valence electrons. The molecule has 7 nitrogen and oxygen atoms in total. The second-order valence-corrected chi connectivity index (χ2v) is 9.26. The zero-order valence-electron chi connectivity index (χ0n) is 17.2. The first-order chi connectivity index (χ1) is 15.0. The number of likely N-dealkylation sites (tertiary alicyclic amines) is 1. The fourth-order valence-corrected chi connectivity index (χ4v) is 4.66. The predicted molar refractivity (Wildman–Crippen MR) is 111 cm³/mol. The summed E-state index contributed by atoms with van der Waals surface area (Å²) in [6.45, 7) is 1.46. The van der Waals surface area contributed by atoms with Gasteiger partial charge in [-0.25, -0.2) is 17.5 Å². The van der Waals surface area contributed by atoms with E-state index >= 15 is 0 Å². The van der Waals surface area contributed by atoms with E-state index in [1.54, 1.807) is 19.1 Å². The standard InChI is InChI=1S/C21H22F3N3O4S/c1-15-8-10-16(11-9-15)32(30,31)27(20(29)26-12-4-5-13-26)14-19(28)25-18-7-3-2-6-17(18)21(22,23)24/h2-3,6-11H,4-5,12-14H2,1H3,(H,25,28). The third-order valence-corrected chi connectivity index (χ3v) is 6.73. The molecule has 2 aromatic carbocycles. The monoisotopic (exact) mass is 469 g/mol. The van der Waals surface area contributed by atoms with Gasteiger partial charge in [-0.05, 0) is 44.0 Å². The second-order valence-electron chi connectivity index (χ2n) is 7.39. The maximum atomic E-state index is 13.2. The van der Waals surface area contributed by atoms with Crippen LogP contribution in [0.15, 0.2) is 53.4 Å². The lowest BCUT2D eigenvalue weighted by molar-refractivity contribution is -0.137. The van der Waals surface area contributed by atoms with Gasteiger partial charge in [0.15, 0.2) is 0 Å². The number of sulfonamides is 1. The number of nitrogens with zero attached hydrogens (tertiary/aromatic N) is 2. The molecule has 2 aromatic rings. The van der Waals surface area contributed by atoms with Crippen LogP contribution in [0, 0.1) is 6.92 Å². The van der Waals surface area contributed by atoms with Crippen molar-refractivity contribution in [3.05, 3.63) is 59.7 Å². The Morgan fingerprint density at radius 1 is 1.03 bits per heavy atom. The zero-order valence-corrected chi connectivity index (χ0v) is 18.0. The van der Waals surface area contributed by atoms with Crippen molar-refractivity contribution >= 4 is 27.6 Å². The van der Waals surface area contributed by atoms with Gasteiger partial charge in [0, 0.05) is 13.1 Å². The number of anilines is 1. The van der Waals surface area contributed by atoms with E-state index in [1.807, 2.05) is 0 Å². The Kier molecular flexibility index (Phi) is 6.77. The molecule has 1 fully saturated rings. The highest BCUT2D eigenvalue weighted by atomic mass is 32.2. The molecule has 0 aliphatic carbocycles. The molecule has 0 atom stereocenters. The van der Waals surface area contributed by atoms with Crippen molar-refractivity contribution in [2.45, 2.75) is 30.8 Å². The molecule has 1 saturated heterocycles. The largest absolute Gasteiger partial charge is 0.418 e. The van der Waals surface area contributed by atoms with Crippen LogP contribution in [-0.4, -0.2) is 49.2 Å². The summed E-state index contributed by atoms with van der Waals surface area (Å²) in [6, 6.07) is 9.16. The van der Waals surface area contributed by atoms with Crippen LogP contribution in [0.5, 0.6) is 0 Å². The number of carbonyl (C=O) groups is 2. The minimum atomic E-state index is -4.72. The van der Waals surface area contributed by atoms with Gasteiger partial charge in [-0.2, -0.15) is 13.2 Å². The van der Waals surface area contributed by atoms with Gasteiger partial charge in [0.2, 0.25) is 5.91 Å². The van der Waals surface area contributed by atoms with Crippen LogP contribution >= 0.6 is 0 Å². The molecule has 11 heteroatoms. The number of rotatable bonds is 5. The van der Waals surface area contributed by atoms with Gasteiger partial charge in [0.25, 0.3) is 10.0 Å². The maximum absolute atomic E-state index is 13.2. The summed E-state index contributed by atoms with van der Waals surface area (Å²) in [5.74, 6) is -1.06. The Bertz CT molecular complexity index is 1100. The zero-order chi connectivity index (χ0) is 23.5. The molecule has 3 amide bonds. The first kappa shape index (κ1) is 23.6. The van der Waals surface area contributed by atoms with E-state index in [9.17, 15) is 31.2 Å². The van der Waals surface area contributed by atoms with E-state index in [2.05, 4.69) is 5.32 Å². The van der Waals surface area contributed by atoms with E-state index in [0.717, 1.165) is 17.7 Å². The van der Waals surface area contributed by atoms with Crippen LogP contribution in [0.4, 0.5) is 23.7 Å². The van der Waals surface area contributed by atoms with Gasteiger partial charge >= 0.3 is 12.2 Å². The Morgan fingerprint density at radius 3 is 2.22 bits per heavy atom. The Morgan fingerprint density at radius 2 is 1.62 bits per heavy atom. The molecule has 0 bridgehead atoms. The number of hydrogen-bond acceptors (Lipinski definition) is 4. The fraction of sp³-hybridized carbons (Fsp3) is 0.333. The van der Waals surface area contributed by atoms with E-state index in [4.69, 9.17) is 0 Å². The number of alkyl halides is 3. The fourth-order valence-electron chi connectivity index (χ4n) is 3.32. The van der Waals surface area contributed by atoms with Crippen molar-refractivity contribution in [3.63, 3.8) is 0 Å². The molecule has 0 spiro atoms. The van der Waals surface area contributed by atoms with Crippen molar-refractivity contribution < 1.29 is 31.2 Å². The van der Waals surface area contributed by atoms with Gasteiger partial charge in [0.05, 0.1) is 16.1 Å². The molecule has 32 heavy (non-hydrogen) atoms. The van der Waals surface area contributed by atoms with Gasteiger partial charge in [-0.1, -0.05) is 29.8 Å². The predicted octanol–water partition coefficient (Wildman–Crippen LogP) is 3.86. The third-order valence-electron chi connectivity index (χ3n) is 4.99. The second kappa shape index (κ2) is 9.19. The van der Waals surface area contributed by atoms with Gasteiger partial charge in [-0.3, -0.25) is 4.79 Å². The van der Waals surface area contributed by atoms with Crippen LogP contribution in [0.3, 0.4) is 0 Å². The maximum Gasteiger partial charge on any atom is 0.418 e. The van der Waals surface area contributed by atoms with Crippen LogP contribution in [0.2, 0.25) is 0 Å². The first-order valence-electron chi connectivity index (χ1n) is 9.84. The number of carbonyl (C=O) groups excluding carboxylic acids is 2. The Hall–Kier alpha value is -3.08. The minimum Gasteiger partial charge on any atom is -0.324 e. The summed E-state index contributed by atoms with van der Waals surface area (Å²) in [5, 5.41) is 2.09. The van der Waals surface area contributed by atoms with Crippen molar-refractivity contribution in [2.75, 3.05) is 25.0 Å². The lowest BCUT2D eigenvalue weighted by Gasteiger charge is -2.27. The summed E-state index contributed by atoms with van der Waals surface area (Å²) < 4.78 is 66.4. The van der Waals surface area contributed by atoms with E-state index in [1.165, 1.54) is 29.2 Å². The number of aryl methyl sites for hydroxylation is 1. The quantitative estimate of drug-likeness (QED) is 0.721. The van der Waals surface area contributed by atoms with E-state index in [0.29, 0.717) is 30.2 Å². The number of halogens is 3. The average molecular weight is 469 g/mol. The highest BCUT2D eigenvalue weighted by molar-refractivity contribution is 7.89. The number of nitrogens with one attached hydrogen (secondary N) is 1. The summed E-state index contributed by atoms with van der Waals surface area (Å²) >= 11 is 0. The topological polar surface area (TPSA) is 86.8 Å². The molecular formula is C21H22F3N3O4S. The van der Waals surface area contributed by atoms with Gasteiger partial charge in [0.1, 0.15) is 6.54 Å². The van der Waals surface area contributed by atoms with Crippen molar-refractivity contribution in [1.82, 2.24) is 9.21 Å².